The van der Waals surface area contributed by atoms with Crippen LogP contribution < -0.4 is 9.47 Å². The molecule has 1 aromatic heterocycles. The van der Waals surface area contributed by atoms with E-state index in [0.717, 1.165) is 74.7 Å². The average Bonchev–Trinajstić information content (AvgIpc) is 3.24. The van der Waals surface area contributed by atoms with Crippen LogP contribution in [0.25, 0.3) is 0 Å². The van der Waals surface area contributed by atoms with Gasteiger partial charge in [-0.25, -0.2) is 4.98 Å². The van der Waals surface area contributed by atoms with Gasteiger partial charge in [0.05, 0.1) is 12.2 Å². The van der Waals surface area contributed by atoms with Gasteiger partial charge in [0.15, 0.2) is 0 Å². The van der Waals surface area contributed by atoms with Gasteiger partial charge in [-0.1, -0.05) is 36.8 Å². The van der Waals surface area contributed by atoms with E-state index in [4.69, 9.17) is 9.47 Å². The van der Waals surface area contributed by atoms with Crippen molar-refractivity contribution in [1.29, 1.82) is 0 Å². The Morgan fingerprint density at radius 3 is 2.78 bits per heavy atom. The number of hydrogen-bond donors (Lipinski definition) is 1. The summed E-state index contributed by atoms with van der Waals surface area (Å²) in [6.45, 7) is 10.9. The van der Waals surface area contributed by atoms with Gasteiger partial charge in [0.2, 0.25) is 0 Å². The number of rotatable bonds is 11. The minimum Gasteiger partial charge on any atom is -0.494 e. The van der Waals surface area contributed by atoms with Crippen molar-refractivity contribution in [3.8, 4) is 11.5 Å². The molecule has 6 heteroatoms. The van der Waals surface area contributed by atoms with E-state index in [0.29, 0.717) is 19.6 Å². The van der Waals surface area contributed by atoms with Crippen LogP contribution in [0.2, 0.25) is 0 Å². The summed E-state index contributed by atoms with van der Waals surface area (Å²) in [7, 11) is 0. The summed E-state index contributed by atoms with van der Waals surface area (Å²) >= 11 is 0. The molecule has 1 aliphatic heterocycles. The highest BCUT2D eigenvalue weighted by Gasteiger charge is 2.31. The van der Waals surface area contributed by atoms with Crippen LogP contribution in [-0.2, 0) is 19.5 Å². The normalized spacial score (nSPS) is 18.7. The number of aromatic nitrogens is 2. The molecule has 0 amide bonds. The quantitative estimate of drug-likeness (QED) is 0.368. The van der Waals surface area contributed by atoms with Gasteiger partial charge in [-0.3, -0.25) is 4.90 Å². The number of likely N-dealkylation sites (tertiary alicyclic amines) is 1. The van der Waals surface area contributed by atoms with Crippen molar-refractivity contribution < 1.29 is 14.6 Å². The molecule has 1 atom stereocenters. The molecule has 2 aromatic carbocycles. The standard InChI is InChI=1S/C30H41N3O3/c1-4-29-31-14-18-33(29)16-7-19-35-27-9-5-8-26(21-27)22-32-15-6-12-30(34,13-17-32)23-36-28-11-10-24(2)20-25(28)3/h5,8-11,14,18,20-21,34H,4,6-7,12-13,15-17,19,22-23H2,1-3H3. The van der Waals surface area contributed by atoms with Gasteiger partial charge in [0, 0.05) is 38.4 Å². The highest BCUT2D eigenvalue weighted by Crippen LogP contribution is 2.27. The summed E-state index contributed by atoms with van der Waals surface area (Å²) < 4.78 is 14.3. The largest absolute Gasteiger partial charge is 0.494 e. The molecule has 3 aromatic rings. The number of ether oxygens (including phenoxy) is 2. The molecule has 6 nitrogen and oxygen atoms in total. The van der Waals surface area contributed by atoms with Gasteiger partial charge in [-0.15, -0.1) is 0 Å². The van der Waals surface area contributed by atoms with Crippen LogP contribution in [0.5, 0.6) is 11.5 Å². The van der Waals surface area contributed by atoms with E-state index in [9.17, 15) is 5.11 Å². The molecule has 4 rings (SSSR count). The van der Waals surface area contributed by atoms with Crippen molar-refractivity contribution in [3.63, 3.8) is 0 Å². The monoisotopic (exact) mass is 491 g/mol. The Labute approximate surface area is 215 Å². The average molecular weight is 492 g/mol. The van der Waals surface area contributed by atoms with Crippen molar-refractivity contribution in [3.05, 3.63) is 77.4 Å². The van der Waals surface area contributed by atoms with Crippen LogP contribution in [0, 0.1) is 13.8 Å². The first kappa shape index (κ1) is 26.2. The predicted octanol–water partition coefficient (Wildman–Crippen LogP) is 5.33. The maximum Gasteiger partial charge on any atom is 0.122 e. The fourth-order valence-corrected chi connectivity index (χ4v) is 4.99. The van der Waals surface area contributed by atoms with Crippen molar-refractivity contribution in [2.75, 3.05) is 26.3 Å². The molecule has 0 saturated carbocycles. The first-order chi connectivity index (χ1) is 17.4. The number of imidazole rings is 1. The number of aliphatic hydroxyl groups is 1. The third-order valence-corrected chi connectivity index (χ3v) is 7.07. The molecule has 0 aliphatic carbocycles. The van der Waals surface area contributed by atoms with Gasteiger partial charge in [-0.05, 0) is 75.4 Å². The molecule has 1 unspecified atom stereocenters. The van der Waals surface area contributed by atoms with Gasteiger partial charge in [-0.2, -0.15) is 0 Å². The Bertz CT molecular complexity index is 1110. The molecule has 0 bridgehead atoms. The molecule has 194 valence electrons. The van der Waals surface area contributed by atoms with Crippen molar-refractivity contribution >= 4 is 0 Å². The van der Waals surface area contributed by atoms with Gasteiger partial charge in [0.25, 0.3) is 0 Å². The Kier molecular flexibility index (Phi) is 9.05. The van der Waals surface area contributed by atoms with Gasteiger partial charge < -0.3 is 19.1 Å². The summed E-state index contributed by atoms with van der Waals surface area (Å²) in [5, 5.41) is 11.2. The van der Waals surface area contributed by atoms with Gasteiger partial charge in [0.1, 0.15) is 23.9 Å². The fraction of sp³-hybridized carbons (Fsp3) is 0.500. The minimum atomic E-state index is -0.788. The van der Waals surface area contributed by atoms with Gasteiger partial charge >= 0.3 is 0 Å². The lowest BCUT2D eigenvalue weighted by Crippen LogP contribution is -2.37. The molecule has 1 saturated heterocycles. The van der Waals surface area contributed by atoms with Crippen LogP contribution in [-0.4, -0.2) is 51.5 Å². The first-order valence-corrected chi connectivity index (χ1v) is 13.3. The smallest absolute Gasteiger partial charge is 0.122 e. The number of aryl methyl sites for hydroxylation is 4. The Morgan fingerprint density at radius 1 is 1.06 bits per heavy atom. The first-order valence-electron chi connectivity index (χ1n) is 13.3. The third kappa shape index (κ3) is 7.34. The maximum absolute atomic E-state index is 11.2. The second kappa shape index (κ2) is 12.4. The molecule has 0 spiro atoms. The summed E-state index contributed by atoms with van der Waals surface area (Å²) in [6.07, 6.45) is 8.22. The zero-order valence-electron chi connectivity index (χ0n) is 22.1. The van der Waals surface area contributed by atoms with Crippen LogP contribution in [0.1, 0.15) is 55.1 Å². The second-order valence-electron chi connectivity index (χ2n) is 10.2. The Hall–Kier alpha value is -2.83. The van der Waals surface area contributed by atoms with Crippen LogP contribution in [0.4, 0.5) is 0 Å². The molecule has 1 fully saturated rings. The zero-order valence-corrected chi connectivity index (χ0v) is 22.1. The van der Waals surface area contributed by atoms with Crippen LogP contribution >= 0.6 is 0 Å². The second-order valence-corrected chi connectivity index (χ2v) is 10.2. The van der Waals surface area contributed by atoms with Crippen LogP contribution in [0.3, 0.4) is 0 Å². The lowest BCUT2D eigenvalue weighted by atomic mass is 9.96. The van der Waals surface area contributed by atoms with E-state index < -0.39 is 5.60 Å². The fourth-order valence-electron chi connectivity index (χ4n) is 4.99. The zero-order chi connectivity index (χ0) is 25.4. The minimum absolute atomic E-state index is 0.340. The number of benzene rings is 2. The number of nitrogens with zero attached hydrogens (tertiary/aromatic N) is 3. The molecular weight excluding hydrogens is 450 g/mol. The number of hydrogen-bond acceptors (Lipinski definition) is 5. The van der Waals surface area contributed by atoms with E-state index in [1.165, 1.54) is 11.1 Å². The summed E-state index contributed by atoms with van der Waals surface area (Å²) in [5.41, 5.74) is 2.79. The topological polar surface area (TPSA) is 59.8 Å². The summed E-state index contributed by atoms with van der Waals surface area (Å²) in [4.78, 5) is 6.81. The molecule has 36 heavy (non-hydrogen) atoms. The van der Waals surface area contributed by atoms with E-state index in [2.05, 4.69) is 65.6 Å². The Balaban J connectivity index is 1.23. The van der Waals surface area contributed by atoms with Crippen molar-refractivity contribution in [2.24, 2.45) is 0 Å². The van der Waals surface area contributed by atoms with E-state index in [1.807, 2.05) is 24.5 Å². The molecule has 0 radical (unpaired) electrons. The predicted molar refractivity (Wildman–Crippen MR) is 144 cm³/mol. The van der Waals surface area contributed by atoms with Crippen molar-refractivity contribution in [2.45, 2.75) is 71.6 Å². The van der Waals surface area contributed by atoms with Crippen molar-refractivity contribution in [1.82, 2.24) is 14.5 Å². The van der Waals surface area contributed by atoms with E-state index in [-0.39, 0.29) is 0 Å². The van der Waals surface area contributed by atoms with Crippen LogP contribution in [0.15, 0.2) is 54.9 Å². The van der Waals surface area contributed by atoms with E-state index in [1.54, 1.807) is 0 Å². The summed E-state index contributed by atoms with van der Waals surface area (Å²) in [5.74, 6) is 2.91. The summed E-state index contributed by atoms with van der Waals surface area (Å²) in [6, 6.07) is 14.6. The SMILES string of the molecule is CCc1nccn1CCCOc1cccc(CN2CCCC(O)(COc3ccc(C)cc3C)CC2)c1. The molecular formula is C30H41N3O3. The molecule has 1 N–H and O–H groups in total. The molecule has 2 heterocycles. The van der Waals surface area contributed by atoms with E-state index >= 15 is 0 Å². The lowest BCUT2D eigenvalue weighted by molar-refractivity contribution is -0.0170. The third-order valence-electron chi connectivity index (χ3n) is 7.07. The highest BCUT2D eigenvalue weighted by molar-refractivity contribution is 5.35. The highest BCUT2D eigenvalue weighted by atomic mass is 16.5. The lowest BCUT2D eigenvalue weighted by Gasteiger charge is -2.27. The Morgan fingerprint density at radius 2 is 1.94 bits per heavy atom. The maximum atomic E-state index is 11.2. The molecule has 1 aliphatic rings.